The number of rotatable bonds is 12. The van der Waals surface area contributed by atoms with Crippen LogP contribution in [0.2, 0.25) is 0 Å². The van der Waals surface area contributed by atoms with E-state index >= 15 is 0 Å². The van der Waals surface area contributed by atoms with Gasteiger partial charge in [-0.15, -0.1) is 0 Å². The Morgan fingerprint density at radius 3 is 2.79 bits per heavy atom. The van der Waals surface area contributed by atoms with Gasteiger partial charge in [0.1, 0.15) is 0 Å². The quantitative estimate of drug-likeness (QED) is 0.318. The van der Waals surface area contributed by atoms with E-state index in [1.807, 2.05) is 13.0 Å². The van der Waals surface area contributed by atoms with Crippen LogP contribution in [0.4, 0.5) is 0 Å². The Morgan fingerprint density at radius 2 is 2.07 bits per heavy atom. The molecule has 1 aliphatic rings. The average molecular weight is 405 g/mol. The molecule has 0 bridgehead atoms. The number of aryl methyl sites for hydroxylation is 1. The molecule has 2 rings (SSSR count). The van der Waals surface area contributed by atoms with Gasteiger partial charge < -0.3 is 25.0 Å². The maximum Gasteiger partial charge on any atom is 0.191 e. The number of ether oxygens (including phenoxy) is 2. The van der Waals surface area contributed by atoms with Gasteiger partial charge in [0, 0.05) is 26.2 Å². The highest BCUT2D eigenvalue weighted by Gasteiger charge is 2.21. The summed E-state index contributed by atoms with van der Waals surface area (Å²) in [5.41, 5.74) is 1.26. The second-order valence-corrected chi connectivity index (χ2v) is 7.62. The molecule has 1 saturated heterocycles. The maximum atomic E-state index is 5.68. The van der Waals surface area contributed by atoms with Crippen LogP contribution in [0, 0.1) is 5.92 Å². The molecule has 0 amide bonds. The summed E-state index contributed by atoms with van der Waals surface area (Å²) in [7, 11) is 1.68. The number of guanidine groups is 1. The van der Waals surface area contributed by atoms with Gasteiger partial charge in [-0.25, -0.2) is 0 Å². The Hall–Kier alpha value is -1.95. The zero-order valence-electron chi connectivity index (χ0n) is 18.8. The van der Waals surface area contributed by atoms with Crippen molar-refractivity contribution < 1.29 is 9.47 Å². The van der Waals surface area contributed by atoms with Gasteiger partial charge >= 0.3 is 0 Å². The number of likely N-dealkylation sites (tertiary alicyclic amines) is 1. The molecule has 29 heavy (non-hydrogen) atoms. The lowest BCUT2D eigenvalue weighted by molar-refractivity contribution is 0.310. The van der Waals surface area contributed by atoms with E-state index in [0.717, 1.165) is 49.9 Å². The molecule has 1 aliphatic heterocycles. The molecule has 6 heteroatoms. The molecular formula is C23H40N4O2. The zero-order valence-corrected chi connectivity index (χ0v) is 18.8. The van der Waals surface area contributed by atoms with E-state index < -0.39 is 0 Å². The fraction of sp³-hybridized carbons (Fsp3) is 0.696. The molecule has 0 radical (unpaired) electrons. The van der Waals surface area contributed by atoms with E-state index in [4.69, 9.17) is 14.5 Å². The molecule has 1 aromatic rings. The lowest BCUT2D eigenvalue weighted by atomic mass is 10.1. The van der Waals surface area contributed by atoms with Crippen molar-refractivity contribution >= 4 is 5.96 Å². The van der Waals surface area contributed by atoms with Crippen molar-refractivity contribution in [2.75, 3.05) is 53.0 Å². The summed E-state index contributed by atoms with van der Waals surface area (Å²) in [6, 6.07) is 6.19. The van der Waals surface area contributed by atoms with Gasteiger partial charge in [0.05, 0.1) is 13.7 Å². The standard InChI is InChI=1S/C23H40N4O2/c1-5-14-27-15-12-20(18-27)17-26-23(24-6-2)25-13-8-9-19-10-11-21(28-4)22(16-19)29-7-3/h10-11,16,20H,5-9,12-15,17-18H2,1-4H3,(H2,24,25,26). The average Bonchev–Trinajstić information content (AvgIpc) is 3.17. The topological polar surface area (TPSA) is 58.1 Å². The fourth-order valence-corrected chi connectivity index (χ4v) is 3.79. The minimum Gasteiger partial charge on any atom is -0.493 e. The van der Waals surface area contributed by atoms with Gasteiger partial charge in [-0.3, -0.25) is 4.99 Å². The summed E-state index contributed by atoms with van der Waals surface area (Å²) in [5.74, 6) is 3.24. The molecule has 0 aliphatic carbocycles. The molecule has 1 atom stereocenters. The van der Waals surface area contributed by atoms with Crippen molar-refractivity contribution in [1.82, 2.24) is 15.5 Å². The second-order valence-electron chi connectivity index (χ2n) is 7.62. The van der Waals surface area contributed by atoms with E-state index in [-0.39, 0.29) is 0 Å². The third kappa shape index (κ3) is 8.13. The predicted molar refractivity (Wildman–Crippen MR) is 121 cm³/mol. The van der Waals surface area contributed by atoms with Crippen LogP contribution in [0.15, 0.2) is 23.2 Å². The number of nitrogens with one attached hydrogen (secondary N) is 2. The molecule has 164 valence electrons. The van der Waals surface area contributed by atoms with E-state index in [1.165, 1.54) is 38.0 Å². The molecule has 1 unspecified atom stereocenters. The molecule has 0 aromatic heterocycles. The zero-order chi connectivity index (χ0) is 20.9. The van der Waals surface area contributed by atoms with Crippen LogP contribution in [0.5, 0.6) is 11.5 Å². The molecule has 6 nitrogen and oxygen atoms in total. The highest BCUT2D eigenvalue weighted by molar-refractivity contribution is 5.79. The van der Waals surface area contributed by atoms with Gasteiger partial charge in [-0.2, -0.15) is 0 Å². The van der Waals surface area contributed by atoms with E-state index in [9.17, 15) is 0 Å². The van der Waals surface area contributed by atoms with Crippen molar-refractivity contribution in [2.24, 2.45) is 10.9 Å². The van der Waals surface area contributed by atoms with Crippen LogP contribution in [0.1, 0.15) is 45.6 Å². The van der Waals surface area contributed by atoms with Crippen LogP contribution in [0.3, 0.4) is 0 Å². The first-order chi connectivity index (χ1) is 14.2. The summed E-state index contributed by atoms with van der Waals surface area (Å²) >= 11 is 0. The second kappa shape index (κ2) is 13.3. The van der Waals surface area contributed by atoms with E-state index in [2.05, 4.69) is 41.5 Å². The number of hydrogen-bond acceptors (Lipinski definition) is 4. The van der Waals surface area contributed by atoms with Gasteiger partial charge in [0.25, 0.3) is 0 Å². The monoisotopic (exact) mass is 404 g/mol. The summed E-state index contributed by atoms with van der Waals surface area (Å²) < 4.78 is 11.0. The summed E-state index contributed by atoms with van der Waals surface area (Å²) in [6.45, 7) is 13.3. The summed E-state index contributed by atoms with van der Waals surface area (Å²) in [4.78, 5) is 7.39. The number of benzene rings is 1. The largest absolute Gasteiger partial charge is 0.493 e. The normalized spacial score (nSPS) is 17.4. The van der Waals surface area contributed by atoms with Crippen molar-refractivity contribution in [2.45, 2.75) is 46.5 Å². The lowest BCUT2D eigenvalue weighted by Gasteiger charge is -2.15. The number of methoxy groups -OCH3 is 1. The number of nitrogens with zero attached hydrogens (tertiary/aromatic N) is 2. The van der Waals surface area contributed by atoms with Crippen LogP contribution >= 0.6 is 0 Å². The van der Waals surface area contributed by atoms with Gasteiger partial charge in [0.2, 0.25) is 0 Å². The van der Waals surface area contributed by atoms with Crippen molar-refractivity contribution in [3.05, 3.63) is 23.8 Å². The van der Waals surface area contributed by atoms with Crippen molar-refractivity contribution in [3.63, 3.8) is 0 Å². The molecule has 1 heterocycles. The maximum absolute atomic E-state index is 5.68. The smallest absolute Gasteiger partial charge is 0.191 e. The first kappa shape index (κ1) is 23.3. The van der Waals surface area contributed by atoms with Crippen LogP contribution < -0.4 is 20.1 Å². The summed E-state index contributed by atoms with van der Waals surface area (Å²) in [5, 5.41) is 6.85. The van der Waals surface area contributed by atoms with E-state index in [1.54, 1.807) is 7.11 Å². The Kier molecular flexibility index (Phi) is 10.7. The van der Waals surface area contributed by atoms with Crippen LogP contribution in [-0.4, -0.2) is 63.8 Å². The minimum absolute atomic E-state index is 0.640. The molecule has 1 aromatic carbocycles. The Morgan fingerprint density at radius 1 is 1.21 bits per heavy atom. The fourth-order valence-electron chi connectivity index (χ4n) is 3.79. The first-order valence-corrected chi connectivity index (χ1v) is 11.2. The highest BCUT2D eigenvalue weighted by atomic mass is 16.5. The predicted octanol–water partition coefficient (Wildman–Crippen LogP) is 3.31. The lowest BCUT2D eigenvalue weighted by Crippen LogP contribution is -2.38. The minimum atomic E-state index is 0.640. The molecule has 0 saturated carbocycles. The third-order valence-electron chi connectivity index (χ3n) is 5.22. The Balaban J connectivity index is 1.77. The Bertz CT molecular complexity index is 621. The van der Waals surface area contributed by atoms with Gasteiger partial charge in [-0.1, -0.05) is 13.0 Å². The third-order valence-corrected chi connectivity index (χ3v) is 5.22. The molecule has 2 N–H and O–H groups in total. The molecular weight excluding hydrogens is 364 g/mol. The number of hydrogen-bond donors (Lipinski definition) is 2. The SMILES string of the molecule is CCCN1CCC(CN=C(NCC)NCCCc2ccc(OC)c(OCC)c2)C1. The first-order valence-electron chi connectivity index (χ1n) is 11.2. The van der Waals surface area contributed by atoms with Gasteiger partial charge in [-0.05, 0) is 76.2 Å². The number of aliphatic imine (C=N–C) groups is 1. The van der Waals surface area contributed by atoms with Crippen molar-refractivity contribution in [1.29, 1.82) is 0 Å². The van der Waals surface area contributed by atoms with Crippen molar-refractivity contribution in [3.8, 4) is 11.5 Å². The summed E-state index contributed by atoms with van der Waals surface area (Å²) in [6.07, 6.45) is 4.53. The molecule has 0 spiro atoms. The van der Waals surface area contributed by atoms with Gasteiger partial charge in [0.15, 0.2) is 17.5 Å². The van der Waals surface area contributed by atoms with E-state index in [0.29, 0.717) is 12.5 Å². The molecule has 1 fully saturated rings. The highest BCUT2D eigenvalue weighted by Crippen LogP contribution is 2.28. The Labute approximate surface area is 177 Å². The van der Waals surface area contributed by atoms with Crippen LogP contribution in [-0.2, 0) is 6.42 Å². The van der Waals surface area contributed by atoms with Crippen LogP contribution in [0.25, 0.3) is 0 Å².